The first kappa shape index (κ1) is 17.9. The Morgan fingerprint density at radius 2 is 1.85 bits per heavy atom. The van der Waals surface area contributed by atoms with E-state index in [-0.39, 0.29) is 6.61 Å². The lowest BCUT2D eigenvalue weighted by Gasteiger charge is -2.07. The predicted molar refractivity (Wildman–Crippen MR) is 75.5 cm³/mol. The van der Waals surface area contributed by atoms with Gasteiger partial charge < -0.3 is 14.9 Å². The number of carboxylic acid groups (broad SMARTS) is 1. The van der Waals surface area contributed by atoms with Crippen molar-refractivity contribution in [2.24, 2.45) is 0 Å². The number of aromatic carboxylic acids is 1. The molecule has 0 spiro atoms. The molecule has 0 aliphatic heterocycles. The molecule has 0 heterocycles. The lowest BCUT2D eigenvalue weighted by atomic mass is 10.2. The van der Waals surface area contributed by atoms with Crippen molar-refractivity contribution in [2.75, 3.05) is 6.61 Å². The monoisotopic (exact) mass is 280 g/mol. The molecule has 0 saturated heterocycles. The number of rotatable bonds is 5. The molecule has 0 bridgehead atoms. The normalized spacial score (nSPS) is 10.8. The molecule has 0 amide bonds. The Hall–Kier alpha value is -2.14. The molecule has 20 heavy (non-hydrogen) atoms. The molecule has 1 aromatic rings. The first-order valence-electron chi connectivity index (χ1n) is 6.17. The Morgan fingerprint density at radius 3 is 2.20 bits per heavy atom. The lowest BCUT2D eigenvalue weighted by molar-refractivity contribution is -0.141. The van der Waals surface area contributed by atoms with Crippen LogP contribution in [0.4, 0.5) is 0 Å². The topological polar surface area (TPSA) is 83.8 Å². The van der Waals surface area contributed by atoms with Crippen LogP contribution in [0.25, 0.3) is 0 Å². The third-order valence-corrected chi connectivity index (χ3v) is 2.25. The Bertz CT molecular complexity index is 439. The average molecular weight is 280 g/mol. The van der Waals surface area contributed by atoms with Gasteiger partial charge in [0.1, 0.15) is 6.61 Å². The van der Waals surface area contributed by atoms with Crippen molar-refractivity contribution >= 4 is 11.9 Å². The molecule has 1 unspecified atom stereocenters. The fraction of sp³-hybridized carbons (Fsp3) is 0.333. The van der Waals surface area contributed by atoms with Crippen LogP contribution >= 0.6 is 0 Å². The van der Waals surface area contributed by atoms with Crippen LogP contribution in [0.3, 0.4) is 0 Å². The fourth-order valence-corrected chi connectivity index (χ4v) is 0.994. The van der Waals surface area contributed by atoms with Gasteiger partial charge in [-0.2, -0.15) is 0 Å². The van der Waals surface area contributed by atoms with E-state index in [0.29, 0.717) is 17.6 Å². The molecule has 0 aliphatic carbocycles. The van der Waals surface area contributed by atoms with Crippen LogP contribution in [0.1, 0.15) is 30.6 Å². The molecule has 110 valence electrons. The van der Waals surface area contributed by atoms with E-state index < -0.39 is 18.0 Å². The quantitative estimate of drug-likeness (QED) is 0.638. The first-order chi connectivity index (χ1) is 9.38. The molecule has 0 radical (unpaired) electrons. The second kappa shape index (κ2) is 9.75. The molecular weight excluding hydrogens is 260 g/mol. The zero-order valence-electron chi connectivity index (χ0n) is 11.7. The first-order valence-corrected chi connectivity index (χ1v) is 6.17. The number of ether oxygens (including phenoxy) is 1. The Balaban J connectivity index is 0.000000367. The summed E-state index contributed by atoms with van der Waals surface area (Å²) in [6.45, 7) is 6.85. The number of carbonyl (C=O) groups is 2. The van der Waals surface area contributed by atoms with Crippen LogP contribution in [0, 0.1) is 0 Å². The molecule has 2 N–H and O–H groups in total. The van der Waals surface area contributed by atoms with E-state index in [9.17, 15) is 9.59 Å². The summed E-state index contributed by atoms with van der Waals surface area (Å²) < 4.78 is 4.67. The number of aliphatic hydroxyl groups excluding tert-OH is 1. The second-order valence-electron chi connectivity index (χ2n) is 4.11. The van der Waals surface area contributed by atoms with E-state index in [1.54, 1.807) is 37.3 Å². The number of carbonyl (C=O) groups excluding carboxylic acids is 1. The van der Waals surface area contributed by atoms with Gasteiger partial charge in [0.25, 0.3) is 0 Å². The zero-order chi connectivity index (χ0) is 15.5. The summed E-state index contributed by atoms with van der Waals surface area (Å²) in [6.07, 6.45) is 0.0296. The third-order valence-electron chi connectivity index (χ3n) is 2.25. The van der Waals surface area contributed by atoms with Gasteiger partial charge in [-0.1, -0.05) is 31.7 Å². The lowest BCUT2D eigenvalue weighted by Crippen LogP contribution is -2.17. The van der Waals surface area contributed by atoms with Crippen molar-refractivity contribution < 1.29 is 24.5 Å². The maximum absolute atomic E-state index is 10.7. The van der Waals surface area contributed by atoms with Crippen LogP contribution in [0.2, 0.25) is 0 Å². The summed E-state index contributed by atoms with van der Waals surface area (Å²) in [6, 6.07) is 8.30. The average Bonchev–Trinajstić information content (AvgIpc) is 2.45. The van der Waals surface area contributed by atoms with Crippen molar-refractivity contribution in [1.29, 1.82) is 0 Å². The van der Waals surface area contributed by atoms with E-state index in [1.807, 2.05) is 6.92 Å². The number of hydrogen-bond acceptors (Lipinski definition) is 4. The predicted octanol–water partition coefficient (Wildman–Crippen LogP) is 2.26. The summed E-state index contributed by atoms with van der Waals surface area (Å²) in [5, 5.41) is 17.4. The number of esters is 1. The van der Waals surface area contributed by atoms with Crippen LogP contribution in [0.5, 0.6) is 0 Å². The highest BCUT2D eigenvalue weighted by atomic mass is 16.5. The highest BCUT2D eigenvalue weighted by Crippen LogP contribution is 1.96. The maximum atomic E-state index is 10.7. The van der Waals surface area contributed by atoms with Gasteiger partial charge in [-0.15, -0.1) is 0 Å². The maximum Gasteiger partial charge on any atom is 0.335 e. The molecular formula is C15H20O5. The highest BCUT2D eigenvalue weighted by Gasteiger charge is 2.06. The smallest absolute Gasteiger partial charge is 0.335 e. The summed E-state index contributed by atoms with van der Waals surface area (Å²) in [5.41, 5.74) is 0.686. The number of hydrogen-bond donors (Lipinski definition) is 2. The Labute approximate surface area is 118 Å². The van der Waals surface area contributed by atoms with Crippen LogP contribution in [0.15, 0.2) is 42.5 Å². The standard InChI is InChI=1S/C8H14O3.C7H6O2/c1-4-7(9)5-11-8(10)6(2)3;8-7(9)6-4-2-1-3-5-6/h7,9H,2,4-5H2,1,3H3;1-5H,(H,8,9). The minimum Gasteiger partial charge on any atom is -0.478 e. The summed E-state index contributed by atoms with van der Waals surface area (Å²) in [4.78, 5) is 20.9. The van der Waals surface area contributed by atoms with Crippen molar-refractivity contribution in [3.63, 3.8) is 0 Å². The van der Waals surface area contributed by atoms with Gasteiger partial charge in [0, 0.05) is 5.57 Å². The second-order valence-corrected chi connectivity index (χ2v) is 4.11. The van der Waals surface area contributed by atoms with Gasteiger partial charge in [0.15, 0.2) is 0 Å². The number of aliphatic hydroxyl groups is 1. The minimum absolute atomic E-state index is 0.0577. The van der Waals surface area contributed by atoms with Crippen LogP contribution in [-0.2, 0) is 9.53 Å². The van der Waals surface area contributed by atoms with Crippen LogP contribution in [-0.4, -0.2) is 34.9 Å². The van der Waals surface area contributed by atoms with Crippen molar-refractivity contribution in [3.05, 3.63) is 48.0 Å². The zero-order valence-corrected chi connectivity index (χ0v) is 11.7. The highest BCUT2D eigenvalue weighted by molar-refractivity contribution is 5.87. The Morgan fingerprint density at radius 1 is 1.30 bits per heavy atom. The van der Waals surface area contributed by atoms with Crippen molar-refractivity contribution in [2.45, 2.75) is 26.4 Å². The van der Waals surface area contributed by atoms with E-state index in [4.69, 9.17) is 10.2 Å². The van der Waals surface area contributed by atoms with Gasteiger partial charge in [-0.3, -0.25) is 0 Å². The molecule has 0 aromatic heterocycles. The molecule has 1 atom stereocenters. The van der Waals surface area contributed by atoms with Gasteiger partial charge >= 0.3 is 11.9 Å². The Kier molecular flexibility index (Phi) is 8.70. The fourth-order valence-electron chi connectivity index (χ4n) is 0.994. The summed E-state index contributed by atoms with van der Waals surface area (Å²) in [5.74, 6) is -1.33. The van der Waals surface area contributed by atoms with E-state index in [0.717, 1.165) is 0 Å². The van der Waals surface area contributed by atoms with Crippen LogP contribution < -0.4 is 0 Å². The minimum atomic E-state index is -0.879. The van der Waals surface area contributed by atoms with E-state index >= 15 is 0 Å². The largest absolute Gasteiger partial charge is 0.478 e. The van der Waals surface area contributed by atoms with Gasteiger partial charge in [-0.05, 0) is 25.5 Å². The molecule has 0 saturated carbocycles. The van der Waals surface area contributed by atoms with Gasteiger partial charge in [-0.25, -0.2) is 9.59 Å². The van der Waals surface area contributed by atoms with E-state index in [2.05, 4.69) is 11.3 Å². The van der Waals surface area contributed by atoms with Crippen molar-refractivity contribution in [1.82, 2.24) is 0 Å². The van der Waals surface area contributed by atoms with Crippen molar-refractivity contribution in [3.8, 4) is 0 Å². The van der Waals surface area contributed by atoms with Gasteiger partial charge in [0.05, 0.1) is 11.7 Å². The molecule has 0 aliphatic rings. The van der Waals surface area contributed by atoms with E-state index in [1.165, 1.54) is 0 Å². The SMILES string of the molecule is C=C(C)C(=O)OCC(O)CC.O=C(O)c1ccccc1. The molecule has 5 nitrogen and oxygen atoms in total. The third kappa shape index (κ3) is 8.05. The molecule has 0 fully saturated rings. The number of benzene rings is 1. The molecule has 1 aromatic carbocycles. The summed E-state index contributed by atoms with van der Waals surface area (Å²) >= 11 is 0. The van der Waals surface area contributed by atoms with Gasteiger partial charge in [0.2, 0.25) is 0 Å². The molecule has 1 rings (SSSR count). The summed E-state index contributed by atoms with van der Waals surface area (Å²) in [7, 11) is 0. The molecule has 5 heteroatoms. The number of carboxylic acids is 1.